The van der Waals surface area contributed by atoms with E-state index in [4.69, 9.17) is 9.15 Å². The molecule has 1 aromatic carbocycles. The van der Waals surface area contributed by atoms with Gasteiger partial charge in [-0.25, -0.2) is 0 Å². The van der Waals surface area contributed by atoms with Crippen LogP contribution in [-0.2, 0) is 4.79 Å². The molecule has 166 valence electrons. The largest absolute Gasteiger partial charge is 0.490 e. The number of amides is 2. The fourth-order valence-electron chi connectivity index (χ4n) is 3.64. The Bertz CT molecular complexity index is 900. The molecular weight excluding hydrogens is 413 g/mol. The minimum atomic E-state index is -4.69. The highest BCUT2D eigenvalue weighted by Crippen LogP contribution is 2.34. The van der Waals surface area contributed by atoms with Crippen molar-refractivity contribution in [3.8, 4) is 5.75 Å². The molecule has 6 nitrogen and oxygen atoms in total. The second-order valence-corrected chi connectivity index (χ2v) is 7.90. The summed E-state index contributed by atoms with van der Waals surface area (Å²) >= 11 is 0. The first kappa shape index (κ1) is 21.3. The molecule has 1 N–H and O–H groups in total. The van der Waals surface area contributed by atoms with E-state index in [1.807, 2.05) is 10.2 Å². The lowest BCUT2D eigenvalue weighted by atomic mass is 10.1. The number of alkyl halides is 3. The maximum absolute atomic E-state index is 13.3. The Hall–Kier alpha value is -2.97. The number of hydrogen-bond acceptors (Lipinski definition) is 4. The predicted octanol–water partition coefficient (Wildman–Crippen LogP) is 4.09. The van der Waals surface area contributed by atoms with Crippen molar-refractivity contribution in [2.75, 3.05) is 13.1 Å². The summed E-state index contributed by atoms with van der Waals surface area (Å²) in [6, 6.07) is 6.24. The molecule has 1 aliphatic heterocycles. The molecule has 2 amide bonds. The topological polar surface area (TPSA) is 71.8 Å². The van der Waals surface area contributed by atoms with E-state index in [0.29, 0.717) is 18.8 Å². The molecule has 0 spiro atoms. The lowest BCUT2D eigenvalue weighted by Crippen LogP contribution is -2.42. The third kappa shape index (κ3) is 5.21. The van der Waals surface area contributed by atoms with Crippen molar-refractivity contribution in [3.63, 3.8) is 0 Å². The highest BCUT2D eigenvalue weighted by atomic mass is 19.4. The van der Waals surface area contributed by atoms with Gasteiger partial charge in [-0.2, -0.15) is 13.2 Å². The summed E-state index contributed by atoms with van der Waals surface area (Å²) in [5.74, 6) is -0.271. The zero-order valence-electron chi connectivity index (χ0n) is 16.7. The lowest BCUT2D eigenvalue weighted by Gasteiger charge is -2.32. The first-order valence-corrected chi connectivity index (χ1v) is 10.3. The molecule has 2 aliphatic rings. The van der Waals surface area contributed by atoms with Crippen molar-refractivity contribution >= 4 is 11.8 Å². The summed E-state index contributed by atoms with van der Waals surface area (Å²) in [6.45, 7) is 1.32. The normalized spacial score (nSPS) is 18.5. The third-order valence-corrected chi connectivity index (χ3v) is 5.53. The first-order valence-electron chi connectivity index (χ1n) is 10.3. The highest BCUT2D eigenvalue weighted by molar-refractivity contribution is 5.94. The predicted molar refractivity (Wildman–Crippen MR) is 104 cm³/mol. The van der Waals surface area contributed by atoms with Crippen LogP contribution < -0.4 is 10.1 Å². The van der Waals surface area contributed by atoms with Gasteiger partial charge in [-0.05, 0) is 49.2 Å². The van der Waals surface area contributed by atoms with Crippen LogP contribution in [0.1, 0.15) is 47.8 Å². The van der Waals surface area contributed by atoms with E-state index < -0.39 is 18.1 Å². The van der Waals surface area contributed by atoms with Crippen molar-refractivity contribution in [2.24, 2.45) is 5.92 Å². The van der Waals surface area contributed by atoms with Crippen molar-refractivity contribution < 1.29 is 31.9 Å². The van der Waals surface area contributed by atoms with Crippen molar-refractivity contribution in [2.45, 2.75) is 44.0 Å². The van der Waals surface area contributed by atoms with Crippen LogP contribution in [-0.4, -0.2) is 42.1 Å². The molecule has 1 aromatic heterocycles. The van der Waals surface area contributed by atoms with Gasteiger partial charge in [-0.3, -0.25) is 9.59 Å². The van der Waals surface area contributed by atoms with E-state index in [9.17, 15) is 22.8 Å². The molecule has 1 saturated heterocycles. The Morgan fingerprint density at radius 3 is 2.29 bits per heavy atom. The second kappa shape index (κ2) is 8.64. The van der Waals surface area contributed by atoms with E-state index >= 15 is 0 Å². The number of halogens is 3. The molecule has 31 heavy (non-hydrogen) atoms. The maximum atomic E-state index is 13.3. The fraction of sp³-hybridized carbons (Fsp3) is 0.455. The molecule has 1 aliphatic carbocycles. The number of nitrogens with zero attached hydrogens (tertiary/aromatic N) is 1. The zero-order valence-corrected chi connectivity index (χ0v) is 16.7. The van der Waals surface area contributed by atoms with E-state index in [1.165, 1.54) is 24.3 Å². The molecule has 1 saturated carbocycles. The van der Waals surface area contributed by atoms with E-state index in [2.05, 4.69) is 0 Å². The Morgan fingerprint density at radius 2 is 1.74 bits per heavy atom. The van der Waals surface area contributed by atoms with Gasteiger partial charge in [-0.1, -0.05) is 0 Å². The maximum Gasteiger partial charge on any atom is 0.415 e. The number of ether oxygens (including phenoxy) is 1. The Kier molecular flexibility index (Phi) is 5.93. The van der Waals surface area contributed by atoms with Crippen molar-refractivity contribution in [3.05, 3.63) is 54.0 Å². The smallest absolute Gasteiger partial charge is 0.415 e. The first-order chi connectivity index (χ1) is 14.8. The van der Waals surface area contributed by atoms with Crippen LogP contribution in [0.2, 0.25) is 0 Å². The summed E-state index contributed by atoms with van der Waals surface area (Å²) in [5, 5.41) is 1.97. The molecule has 1 atom stereocenters. The highest BCUT2D eigenvalue weighted by Gasteiger charge is 2.44. The van der Waals surface area contributed by atoms with Gasteiger partial charge >= 0.3 is 6.18 Å². The Labute approximate surface area is 177 Å². The average Bonchev–Trinajstić information content (AvgIpc) is 3.46. The molecule has 0 radical (unpaired) electrons. The van der Waals surface area contributed by atoms with Crippen LogP contribution in [0.3, 0.4) is 0 Å². The minimum absolute atomic E-state index is 0.0449. The number of benzene rings is 1. The van der Waals surface area contributed by atoms with Crippen LogP contribution in [0.25, 0.3) is 0 Å². The fourth-order valence-corrected chi connectivity index (χ4v) is 3.64. The summed E-state index contributed by atoms with van der Waals surface area (Å²) < 4.78 is 50.6. The van der Waals surface area contributed by atoms with Gasteiger partial charge in [0.2, 0.25) is 5.91 Å². The molecule has 2 fully saturated rings. The summed E-state index contributed by atoms with van der Waals surface area (Å²) in [6.07, 6.45) is -0.198. The van der Waals surface area contributed by atoms with Gasteiger partial charge in [0, 0.05) is 37.4 Å². The molecule has 0 unspecified atom stereocenters. The summed E-state index contributed by atoms with van der Waals surface area (Å²) in [7, 11) is 0. The van der Waals surface area contributed by atoms with E-state index in [-0.39, 0.29) is 29.3 Å². The summed E-state index contributed by atoms with van der Waals surface area (Å²) in [5.41, 5.74) is 0.0815. The number of carbonyl (C=O) groups is 2. The van der Waals surface area contributed by atoms with Crippen LogP contribution in [0, 0.1) is 5.92 Å². The quantitative estimate of drug-likeness (QED) is 0.741. The number of furan rings is 1. The van der Waals surface area contributed by atoms with Gasteiger partial charge in [-0.15, -0.1) is 0 Å². The van der Waals surface area contributed by atoms with Gasteiger partial charge in [0.1, 0.15) is 17.6 Å². The Morgan fingerprint density at radius 1 is 1.06 bits per heavy atom. The van der Waals surface area contributed by atoms with Crippen LogP contribution >= 0.6 is 0 Å². The average molecular weight is 436 g/mol. The summed E-state index contributed by atoms with van der Waals surface area (Å²) in [4.78, 5) is 26.3. The molecule has 4 rings (SSSR count). The molecule has 0 bridgehead atoms. The van der Waals surface area contributed by atoms with Gasteiger partial charge in [0.25, 0.3) is 5.91 Å². The SMILES string of the molecule is O=C(N[C@H](c1ccco1)C(F)(F)F)c1ccc(OC2CCN(C(=O)C3CC3)CC2)cc1. The van der Waals surface area contributed by atoms with E-state index in [1.54, 1.807) is 12.1 Å². The van der Waals surface area contributed by atoms with Crippen LogP contribution in [0.5, 0.6) is 5.75 Å². The van der Waals surface area contributed by atoms with Gasteiger partial charge in [0.15, 0.2) is 6.04 Å². The number of hydrogen-bond donors (Lipinski definition) is 1. The third-order valence-electron chi connectivity index (χ3n) is 5.53. The number of carbonyl (C=O) groups excluding carboxylic acids is 2. The van der Waals surface area contributed by atoms with Gasteiger partial charge in [0.05, 0.1) is 6.26 Å². The minimum Gasteiger partial charge on any atom is -0.490 e. The number of nitrogens with one attached hydrogen (secondary N) is 1. The molecule has 2 heterocycles. The second-order valence-electron chi connectivity index (χ2n) is 7.90. The van der Waals surface area contributed by atoms with Crippen molar-refractivity contribution in [1.82, 2.24) is 10.2 Å². The standard InChI is InChI=1S/C22H23F3N2O4/c23-22(24,25)19(18-2-1-13-30-18)26-20(28)14-5-7-16(8-6-14)31-17-9-11-27(12-10-17)21(29)15-3-4-15/h1-2,5-8,13,15,17,19H,3-4,9-12H2,(H,26,28)/t19-/m1/s1. The lowest BCUT2D eigenvalue weighted by molar-refractivity contribution is -0.159. The van der Waals surface area contributed by atoms with Crippen LogP contribution in [0.4, 0.5) is 13.2 Å². The van der Waals surface area contributed by atoms with Gasteiger partial charge < -0.3 is 19.4 Å². The van der Waals surface area contributed by atoms with E-state index in [0.717, 1.165) is 31.9 Å². The number of likely N-dealkylation sites (tertiary alicyclic amines) is 1. The molecule has 9 heteroatoms. The Balaban J connectivity index is 1.31. The molecule has 2 aromatic rings. The number of piperidine rings is 1. The van der Waals surface area contributed by atoms with Crippen molar-refractivity contribution in [1.29, 1.82) is 0 Å². The molecular formula is C22H23F3N2O4. The monoisotopic (exact) mass is 436 g/mol. The zero-order chi connectivity index (χ0) is 22.0. The van der Waals surface area contributed by atoms with Crippen LogP contribution in [0.15, 0.2) is 47.1 Å². The number of rotatable bonds is 6.